The maximum absolute atomic E-state index is 12.9. The summed E-state index contributed by atoms with van der Waals surface area (Å²) in [6, 6.07) is 20.4. The van der Waals surface area contributed by atoms with Gasteiger partial charge in [0, 0.05) is 28.4 Å². The van der Waals surface area contributed by atoms with Gasteiger partial charge in [0.15, 0.2) is 0 Å². The second-order valence-electron chi connectivity index (χ2n) is 7.12. The van der Waals surface area contributed by atoms with E-state index in [9.17, 15) is 9.59 Å². The van der Waals surface area contributed by atoms with Gasteiger partial charge < -0.3 is 20.4 Å². The number of hydrogen-bond acceptors (Lipinski definition) is 4. The highest BCUT2D eigenvalue weighted by Gasteiger charge is 2.23. The lowest BCUT2D eigenvalue weighted by atomic mass is 10.0. The maximum atomic E-state index is 12.9. The number of aromatic nitrogens is 1. The van der Waals surface area contributed by atoms with Crippen LogP contribution in [0.1, 0.15) is 16.0 Å². The van der Waals surface area contributed by atoms with Gasteiger partial charge >= 0.3 is 6.09 Å². The van der Waals surface area contributed by atoms with Gasteiger partial charge in [0.2, 0.25) is 5.91 Å². The summed E-state index contributed by atoms with van der Waals surface area (Å²) in [6.07, 6.45) is 1.60. The molecular weight excluding hydrogens is 410 g/mol. The quantitative estimate of drug-likeness (QED) is 0.386. The van der Waals surface area contributed by atoms with Crippen molar-refractivity contribution in [2.75, 3.05) is 0 Å². The van der Waals surface area contributed by atoms with Crippen LogP contribution >= 0.6 is 11.3 Å². The van der Waals surface area contributed by atoms with Crippen LogP contribution in [-0.4, -0.2) is 23.0 Å². The van der Waals surface area contributed by atoms with Crippen molar-refractivity contribution in [3.8, 4) is 0 Å². The summed E-state index contributed by atoms with van der Waals surface area (Å²) < 4.78 is 5.33. The number of nitrogens with one attached hydrogen (secondary N) is 3. The van der Waals surface area contributed by atoms with Crippen molar-refractivity contribution >= 4 is 34.2 Å². The molecule has 0 radical (unpaired) electrons. The van der Waals surface area contributed by atoms with Gasteiger partial charge in [0.05, 0.1) is 6.54 Å². The van der Waals surface area contributed by atoms with E-state index in [4.69, 9.17) is 4.74 Å². The molecule has 4 aromatic rings. The van der Waals surface area contributed by atoms with Crippen LogP contribution < -0.4 is 10.6 Å². The lowest BCUT2D eigenvalue weighted by Gasteiger charge is -2.18. The molecule has 0 aliphatic carbocycles. The highest BCUT2D eigenvalue weighted by molar-refractivity contribution is 7.09. The molecule has 2 amide bonds. The summed E-state index contributed by atoms with van der Waals surface area (Å²) in [7, 11) is 0. The Kier molecular flexibility index (Phi) is 6.64. The zero-order valence-corrected chi connectivity index (χ0v) is 17.7. The van der Waals surface area contributed by atoms with E-state index in [1.165, 1.54) is 0 Å². The third kappa shape index (κ3) is 5.52. The van der Waals surface area contributed by atoms with Crippen LogP contribution in [0, 0.1) is 0 Å². The Morgan fingerprint density at radius 3 is 2.61 bits per heavy atom. The number of ether oxygens (including phenoxy) is 1. The zero-order valence-electron chi connectivity index (χ0n) is 16.8. The molecule has 7 heteroatoms. The van der Waals surface area contributed by atoms with Gasteiger partial charge in [-0.2, -0.15) is 0 Å². The normalized spacial score (nSPS) is 11.7. The van der Waals surface area contributed by atoms with E-state index in [0.29, 0.717) is 13.0 Å². The number of carbonyl (C=O) groups is 2. The average Bonchev–Trinajstić information content (AvgIpc) is 3.47. The first-order chi connectivity index (χ1) is 15.2. The fourth-order valence-corrected chi connectivity index (χ4v) is 3.99. The first kappa shape index (κ1) is 20.7. The van der Waals surface area contributed by atoms with Crippen molar-refractivity contribution in [3.63, 3.8) is 0 Å². The van der Waals surface area contributed by atoms with Crippen molar-refractivity contribution in [3.05, 3.63) is 94.3 Å². The smallest absolute Gasteiger partial charge is 0.408 e. The number of carbonyl (C=O) groups excluding carboxylic acids is 2. The Bertz CT molecular complexity index is 1140. The van der Waals surface area contributed by atoms with E-state index in [1.807, 2.05) is 78.3 Å². The number of alkyl carbamates (subject to hydrolysis) is 1. The van der Waals surface area contributed by atoms with Crippen molar-refractivity contribution in [2.24, 2.45) is 0 Å². The molecule has 6 nitrogen and oxygen atoms in total. The van der Waals surface area contributed by atoms with Crippen molar-refractivity contribution < 1.29 is 14.3 Å². The molecule has 2 heterocycles. The molecule has 0 aliphatic heterocycles. The summed E-state index contributed by atoms with van der Waals surface area (Å²) in [5.74, 6) is -0.254. The molecule has 0 unspecified atom stereocenters. The molecule has 0 aliphatic rings. The van der Waals surface area contributed by atoms with Gasteiger partial charge in [0.25, 0.3) is 0 Å². The summed E-state index contributed by atoms with van der Waals surface area (Å²) in [4.78, 5) is 29.6. The SMILES string of the molecule is O=C(N[C@@H](Cc1c[nH]c2ccccc12)C(=O)NCc1cccs1)OCc1ccccc1. The largest absolute Gasteiger partial charge is 0.445 e. The number of benzene rings is 2. The molecule has 158 valence electrons. The Morgan fingerprint density at radius 1 is 1.00 bits per heavy atom. The van der Waals surface area contributed by atoms with E-state index in [1.54, 1.807) is 11.3 Å². The highest BCUT2D eigenvalue weighted by atomic mass is 32.1. The van der Waals surface area contributed by atoms with E-state index in [0.717, 1.165) is 26.9 Å². The van der Waals surface area contributed by atoms with E-state index in [2.05, 4.69) is 15.6 Å². The number of fused-ring (bicyclic) bond motifs is 1. The Morgan fingerprint density at radius 2 is 1.81 bits per heavy atom. The Hall–Kier alpha value is -3.58. The molecule has 4 rings (SSSR count). The van der Waals surface area contributed by atoms with Gasteiger partial charge in [-0.15, -0.1) is 11.3 Å². The standard InChI is InChI=1S/C24H23N3O3S/c28-23(26-15-19-9-6-12-31-19)22(13-18-14-25-21-11-5-4-10-20(18)21)27-24(29)30-16-17-7-2-1-3-8-17/h1-12,14,22,25H,13,15-16H2,(H,26,28)(H,27,29)/t22-/m0/s1. The van der Waals surface area contributed by atoms with E-state index < -0.39 is 12.1 Å². The van der Waals surface area contributed by atoms with Gasteiger partial charge in [-0.05, 0) is 28.6 Å². The van der Waals surface area contributed by atoms with E-state index in [-0.39, 0.29) is 12.5 Å². The van der Waals surface area contributed by atoms with Crippen LogP contribution in [0.3, 0.4) is 0 Å². The molecule has 0 saturated carbocycles. The monoisotopic (exact) mass is 433 g/mol. The average molecular weight is 434 g/mol. The molecule has 3 N–H and O–H groups in total. The minimum absolute atomic E-state index is 0.142. The van der Waals surface area contributed by atoms with Crippen molar-refractivity contribution in [1.82, 2.24) is 15.6 Å². The summed E-state index contributed by atoms with van der Waals surface area (Å²) in [5.41, 5.74) is 2.82. The lowest BCUT2D eigenvalue weighted by molar-refractivity contribution is -0.123. The highest BCUT2D eigenvalue weighted by Crippen LogP contribution is 2.19. The molecule has 0 spiro atoms. The van der Waals surface area contributed by atoms with Crippen LogP contribution in [0.4, 0.5) is 4.79 Å². The molecule has 31 heavy (non-hydrogen) atoms. The summed E-state index contributed by atoms with van der Waals surface area (Å²) >= 11 is 1.57. The summed E-state index contributed by atoms with van der Waals surface area (Å²) in [6.45, 7) is 0.560. The molecule has 0 fully saturated rings. The Balaban J connectivity index is 1.44. The lowest BCUT2D eigenvalue weighted by Crippen LogP contribution is -2.47. The van der Waals surface area contributed by atoms with Crippen LogP contribution in [0.2, 0.25) is 0 Å². The number of para-hydroxylation sites is 1. The number of thiophene rings is 1. The minimum atomic E-state index is -0.762. The number of rotatable bonds is 8. The Labute approximate surface area is 184 Å². The molecule has 2 aromatic heterocycles. The molecule has 0 bridgehead atoms. The molecular formula is C24H23N3O3S. The molecule has 1 atom stereocenters. The van der Waals surface area contributed by atoms with Gasteiger partial charge in [-0.25, -0.2) is 4.79 Å². The van der Waals surface area contributed by atoms with Crippen molar-refractivity contribution in [1.29, 1.82) is 0 Å². The van der Waals surface area contributed by atoms with Crippen molar-refractivity contribution in [2.45, 2.75) is 25.6 Å². The second kappa shape index (κ2) is 9.95. The molecule has 0 saturated heterocycles. The third-order valence-corrected chi connectivity index (χ3v) is 5.81. The topological polar surface area (TPSA) is 83.2 Å². The first-order valence-corrected chi connectivity index (χ1v) is 10.9. The van der Waals surface area contributed by atoms with E-state index >= 15 is 0 Å². The fraction of sp³-hybridized carbons (Fsp3) is 0.167. The minimum Gasteiger partial charge on any atom is -0.445 e. The third-order valence-electron chi connectivity index (χ3n) is 4.94. The predicted molar refractivity (Wildman–Crippen MR) is 122 cm³/mol. The number of amides is 2. The van der Waals surface area contributed by atoms with Gasteiger partial charge in [0.1, 0.15) is 12.6 Å². The molecule has 2 aromatic carbocycles. The van der Waals surface area contributed by atoms with Crippen LogP contribution in [0.15, 0.2) is 78.3 Å². The summed E-state index contributed by atoms with van der Waals surface area (Å²) in [5, 5.41) is 8.64. The van der Waals surface area contributed by atoms with Crippen LogP contribution in [0.5, 0.6) is 0 Å². The maximum Gasteiger partial charge on any atom is 0.408 e. The number of aromatic amines is 1. The zero-order chi connectivity index (χ0) is 21.5. The van der Waals surface area contributed by atoms with Crippen LogP contribution in [-0.2, 0) is 29.1 Å². The van der Waals surface area contributed by atoms with Crippen LogP contribution in [0.25, 0.3) is 10.9 Å². The second-order valence-corrected chi connectivity index (χ2v) is 8.15. The van der Waals surface area contributed by atoms with Gasteiger partial charge in [-0.3, -0.25) is 4.79 Å². The predicted octanol–water partition coefficient (Wildman–Crippen LogP) is 4.38. The number of H-pyrrole nitrogens is 1. The van der Waals surface area contributed by atoms with Gasteiger partial charge in [-0.1, -0.05) is 54.6 Å². The fourth-order valence-electron chi connectivity index (χ4n) is 3.35. The number of hydrogen-bond donors (Lipinski definition) is 3. The first-order valence-electron chi connectivity index (χ1n) is 10.0.